The van der Waals surface area contributed by atoms with E-state index in [0.717, 1.165) is 24.6 Å². The Morgan fingerprint density at radius 2 is 2.13 bits per heavy atom. The molecular weight excluding hydrogens is 284 g/mol. The molecule has 23 heavy (non-hydrogen) atoms. The van der Waals surface area contributed by atoms with Crippen molar-refractivity contribution in [1.29, 1.82) is 5.26 Å². The minimum atomic E-state index is 0.538. The first kappa shape index (κ1) is 15.9. The predicted octanol–water partition coefficient (Wildman–Crippen LogP) is 3.29. The molecule has 0 atom stereocenters. The van der Waals surface area contributed by atoms with Gasteiger partial charge in [-0.3, -0.25) is 4.99 Å². The molecule has 2 fully saturated rings. The number of likely N-dealkylation sites (tertiary alicyclic amines) is 1. The molecule has 1 aliphatic heterocycles. The van der Waals surface area contributed by atoms with Gasteiger partial charge in [0.05, 0.1) is 11.6 Å². The maximum Gasteiger partial charge on any atom is 0.193 e. The predicted molar refractivity (Wildman–Crippen MR) is 93.1 cm³/mol. The van der Waals surface area contributed by atoms with Gasteiger partial charge in [0.25, 0.3) is 0 Å². The van der Waals surface area contributed by atoms with Crippen molar-refractivity contribution in [3.8, 4) is 6.07 Å². The van der Waals surface area contributed by atoms with Crippen molar-refractivity contribution in [2.45, 2.75) is 45.1 Å². The third-order valence-corrected chi connectivity index (χ3v) is 5.37. The number of benzene rings is 1. The van der Waals surface area contributed by atoms with E-state index in [4.69, 9.17) is 5.26 Å². The first-order valence-corrected chi connectivity index (χ1v) is 8.69. The number of aliphatic imine (C=N–C) groups is 1. The van der Waals surface area contributed by atoms with Crippen LogP contribution in [-0.2, 0) is 6.54 Å². The van der Waals surface area contributed by atoms with E-state index in [-0.39, 0.29) is 0 Å². The van der Waals surface area contributed by atoms with Crippen LogP contribution in [0.2, 0.25) is 0 Å². The van der Waals surface area contributed by atoms with E-state index in [1.807, 2.05) is 31.3 Å². The van der Waals surface area contributed by atoms with Crippen LogP contribution < -0.4 is 5.32 Å². The summed E-state index contributed by atoms with van der Waals surface area (Å²) < 4.78 is 0. The van der Waals surface area contributed by atoms with Crippen LogP contribution in [0, 0.1) is 16.7 Å². The van der Waals surface area contributed by atoms with Gasteiger partial charge < -0.3 is 10.2 Å². The summed E-state index contributed by atoms with van der Waals surface area (Å²) in [6.07, 6.45) is 8.25. The molecule has 0 aromatic heterocycles. The summed E-state index contributed by atoms with van der Waals surface area (Å²) in [6.45, 7) is 2.97. The first-order chi connectivity index (χ1) is 11.2. The third-order valence-electron chi connectivity index (χ3n) is 5.37. The van der Waals surface area contributed by atoms with Crippen LogP contribution in [0.4, 0.5) is 0 Å². The monoisotopic (exact) mass is 310 g/mol. The van der Waals surface area contributed by atoms with E-state index >= 15 is 0 Å². The number of rotatable bonds is 2. The van der Waals surface area contributed by atoms with E-state index in [2.05, 4.69) is 21.3 Å². The summed E-state index contributed by atoms with van der Waals surface area (Å²) >= 11 is 0. The summed E-state index contributed by atoms with van der Waals surface area (Å²) in [5, 5.41) is 12.5. The zero-order chi connectivity index (χ0) is 16.1. The Bertz CT molecular complexity index is 608. The summed E-state index contributed by atoms with van der Waals surface area (Å²) in [5.74, 6) is 0.995. The minimum absolute atomic E-state index is 0.538. The molecule has 1 aromatic carbocycles. The molecule has 0 amide bonds. The molecular formula is C19H26N4. The number of nitrogens with one attached hydrogen (secondary N) is 1. The molecule has 0 unspecified atom stereocenters. The molecule has 1 saturated heterocycles. The van der Waals surface area contributed by atoms with Crippen LogP contribution in [-0.4, -0.2) is 31.0 Å². The number of hydrogen-bond donors (Lipinski definition) is 1. The highest BCUT2D eigenvalue weighted by Gasteiger charge is 2.39. The fraction of sp³-hybridized carbons (Fsp3) is 0.579. The lowest BCUT2D eigenvalue weighted by molar-refractivity contribution is 0.203. The van der Waals surface area contributed by atoms with E-state index < -0.39 is 0 Å². The second kappa shape index (κ2) is 7.04. The summed E-state index contributed by atoms with van der Waals surface area (Å²) in [7, 11) is 1.86. The van der Waals surface area contributed by atoms with Gasteiger partial charge in [0, 0.05) is 26.7 Å². The molecule has 2 aliphatic rings. The van der Waals surface area contributed by atoms with Crippen LogP contribution in [0.3, 0.4) is 0 Å². The Balaban J connectivity index is 1.59. The molecule has 4 heteroatoms. The highest BCUT2D eigenvalue weighted by Crippen LogP contribution is 2.43. The van der Waals surface area contributed by atoms with Crippen molar-refractivity contribution in [3.05, 3.63) is 35.4 Å². The lowest BCUT2D eigenvalue weighted by Crippen LogP contribution is -2.41. The van der Waals surface area contributed by atoms with Gasteiger partial charge in [0.2, 0.25) is 0 Å². The van der Waals surface area contributed by atoms with Crippen LogP contribution in [0.25, 0.3) is 0 Å². The van der Waals surface area contributed by atoms with Crippen molar-refractivity contribution in [1.82, 2.24) is 10.2 Å². The molecule has 1 spiro atoms. The highest BCUT2D eigenvalue weighted by atomic mass is 15.3. The smallest absolute Gasteiger partial charge is 0.193 e. The fourth-order valence-electron chi connectivity index (χ4n) is 4.09. The quantitative estimate of drug-likeness (QED) is 0.673. The SMILES string of the molecule is CN=C(NCc1cccc(C#N)c1)N1CCC2(CCCCC2)C1. The molecule has 1 aliphatic carbocycles. The second-order valence-electron chi connectivity index (χ2n) is 6.95. The van der Waals surface area contributed by atoms with Crippen molar-refractivity contribution in [2.75, 3.05) is 20.1 Å². The van der Waals surface area contributed by atoms with Gasteiger partial charge in [0.1, 0.15) is 0 Å². The fourth-order valence-corrected chi connectivity index (χ4v) is 4.09. The molecule has 3 rings (SSSR count). The number of guanidine groups is 1. The Labute approximate surface area is 139 Å². The van der Waals surface area contributed by atoms with E-state index in [1.54, 1.807) is 0 Å². The standard InChI is InChI=1S/C19H26N4/c1-21-18(22-14-17-7-5-6-16(12-17)13-20)23-11-10-19(15-23)8-3-2-4-9-19/h5-7,12H,2-4,8-11,14-15H2,1H3,(H,21,22). The lowest BCUT2D eigenvalue weighted by atomic mass is 9.73. The molecule has 0 bridgehead atoms. The topological polar surface area (TPSA) is 51.4 Å². The average molecular weight is 310 g/mol. The zero-order valence-electron chi connectivity index (χ0n) is 14.0. The van der Waals surface area contributed by atoms with Crippen molar-refractivity contribution in [3.63, 3.8) is 0 Å². The Morgan fingerprint density at radius 3 is 2.87 bits per heavy atom. The maximum absolute atomic E-state index is 9.00. The Kier molecular flexibility index (Phi) is 4.85. The van der Waals surface area contributed by atoms with Gasteiger partial charge in [-0.05, 0) is 42.4 Å². The van der Waals surface area contributed by atoms with Crippen LogP contribution in [0.1, 0.15) is 49.7 Å². The molecule has 1 saturated carbocycles. The highest BCUT2D eigenvalue weighted by molar-refractivity contribution is 5.80. The Hall–Kier alpha value is -2.02. The molecule has 1 aromatic rings. The number of hydrogen-bond acceptors (Lipinski definition) is 2. The van der Waals surface area contributed by atoms with E-state index in [1.165, 1.54) is 38.5 Å². The van der Waals surface area contributed by atoms with Crippen molar-refractivity contribution >= 4 is 5.96 Å². The van der Waals surface area contributed by atoms with Crippen LogP contribution in [0.5, 0.6) is 0 Å². The lowest BCUT2D eigenvalue weighted by Gasteiger charge is -2.33. The third kappa shape index (κ3) is 3.67. The molecule has 1 N–H and O–H groups in total. The van der Waals surface area contributed by atoms with Gasteiger partial charge in [-0.1, -0.05) is 31.4 Å². The number of nitriles is 1. The normalized spacial score (nSPS) is 20.5. The van der Waals surface area contributed by atoms with Gasteiger partial charge in [-0.2, -0.15) is 5.26 Å². The van der Waals surface area contributed by atoms with Crippen LogP contribution >= 0.6 is 0 Å². The summed E-state index contributed by atoms with van der Waals surface area (Å²) in [6, 6.07) is 9.96. The molecule has 122 valence electrons. The molecule has 1 heterocycles. The van der Waals surface area contributed by atoms with E-state index in [9.17, 15) is 0 Å². The van der Waals surface area contributed by atoms with Gasteiger partial charge in [-0.25, -0.2) is 0 Å². The maximum atomic E-state index is 9.00. The summed E-state index contributed by atoms with van der Waals surface area (Å²) in [5.41, 5.74) is 2.37. The molecule has 4 nitrogen and oxygen atoms in total. The largest absolute Gasteiger partial charge is 0.352 e. The van der Waals surface area contributed by atoms with Gasteiger partial charge in [-0.15, -0.1) is 0 Å². The zero-order valence-corrected chi connectivity index (χ0v) is 14.0. The summed E-state index contributed by atoms with van der Waals surface area (Å²) in [4.78, 5) is 6.89. The average Bonchev–Trinajstić information content (AvgIpc) is 2.99. The van der Waals surface area contributed by atoms with Crippen LogP contribution in [0.15, 0.2) is 29.3 Å². The molecule has 0 radical (unpaired) electrons. The van der Waals surface area contributed by atoms with E-state index in [0.29, 0.717) is 17.5 Å². The first-order valence-electron chi connectivity index (χ1n) is 8.69. The minimum Gasteiger partial charge on any atom is -0.352 e. The van der Waals surface area contributed by atoms with Gasteiger partial charge in [0.15, 0.2) is 5.96 Å². The van der Waals surface area contributed by atoms with Crippen molar-refractivity contribution in [2.24, 2.45) is 10.4 Å². The van der Waals surface area contributed by atoms with Crippen molar-refractivity contribution < 1.29 is 0 Å². The number of nitrogens with zero attached hydrogens (tertiary/aromatic N) is 3. The second-order valence-corrected chi connectivity index (χ2v) is 6.95. The van der Waals surface area contributed by atoms with Gasteiger partial charge >= 0.3 is 0 Å². The Morgan fingerprint density at radius 1 is 1.30 bits per heavy atom.